The van der Waals surface area contributed by atoms with Crippen molar-refractivity contribution < 1.29 is 13.5 Å². The summed E-state index contributed by atoms with van der Waals surface area (Å²) in [5.74, 6) is -1.12. The van der Waals surface area contributed by atoms with Crippen LogP contribution in [0, 0.1) is 11.6 Å². The van der Waals surface area contributed by atoms with Crippen LogP contribution in [0.3, 0.4) is 0 Å². The maximum absolute atomic E-state index is 13.0. The van der Waals surface area contributed by atoms with Gasteiger partial charge in [0.05, 0.1) is 11.6 Å². The summed E-state index contributed by atoms with van der Waals surface area (Å²) in [5.41, 5.74) is 0.136. The lowest BCUT2D eigenvalue weighted by Crippen LogP contribution is -1.92. The monoisotopic (exact) mass is 190 g/mol. The highest BCUT2D eigenvalue weighted by Crippen LogP contribution is 2.37. The molecule has 1 heterocycles. The molecule has 1 saturated heterocycles. The van der Waals surface area contributed by atoms with Gasteiger partial charge in [-0.05, 0) is 12.1 Å². The second-order valence-electron chi connectivity index (χ2n) is 2.58. The summed E-state index contributed by atoms with van der Waals surface area (Å²) in [6, 6.07) is 2.06. The topological polar surface area (TPSA) is 12.5 Å². The molecule has 0 saturated carbocycles. The number of benzene rings is 1. The molecule has 2 rings (SSSR count). The van der Waals surface area contributed by atoms with E-state index >= 15 is 0 Å². The van der Waals surface area contributed by atoms with Crippen molar-refractivity contribution in [1.82, 2.24) is 0 Å². The fourth-order valence-corrected chi connectivity index (χ4v) is 1.33. The fourth-order valence-electron chi connectivity index (χ4n) is 1.05. The van der Waals surface area contributed by atoms with Crippen LogP contribution < -0.4 is 0 Å². The van der Waals surface area contributed by atoms with Crippen LogP contribution >= 0.6 is 11.6 Å². The van der Waals surface area contributed by atoms with E-state index in [9.17, 15) is 8.78 Å². The summed E-state index contributed by atoms with van der Waals surface area (Å²) < 4.78 is 30.6. The first-order valence-corrected chi connectivity index (χ1v) is 3.83. The average Bonchev–Trinajstić information content (AvgIpc) is 2.81. The number of hydrogen-bond donors (Lipinski definition) is 0. The molecule has 1 aromatic rings. The molecule has 0 aliphatic carbocycles. The van der Waals surface area contributed by atoms with E-state index in [0.29, 0.717) is 6.61 Å². The predicted octanol–water partition coefficient (Wildman–Crippen LogP) is 2.69. The van der Waals surface area contributed by atoms with Crippen LogP contribution in [0.4, 0.5) is 8.78 Å². The Morgan fingerprint density at radius 2 is 1.92 bits per heavy atom. The number of epoxide rings is 1. The van der Waals surface area contributed by atoms with Gasteiger partial charge in [-0.25, -0.2) is 8.78 Å². The first-order valence-electron chi connectivity index (χ1n) is 3.45. The number of halogens is 3. The van der Waals surface area contributed by atoms with Crippen molar-refractivity contribution in [2.45, 2.75) is 6.10 Å². The highest BCUT2D eigenvalue weighted by molar-refractivity contribution is 6.31. The summed E-state index contributed by atoms with van der Waals surface area (Å²) in [6.07, 6.45) is -0.354. The Labute approximate surface area is 72.9 Å². The summed E-state index contributed by atoms with van der Waals surface area (Å²) in [6.45, 7) is 0.417. The van der Waals surface area contributed by atoms with E-state index in [1.807, 2.05) is 0 Å². The van der Waals surface area contributed by atoms with Crippen LogP contribution in [-0.2, 0) is 4.74 Å². The van der Waals surface area contributed by atoms with Crippen molar-refractivity contribution in [2.24, 2.45) is 0 Å². The van der Waals surface area contributed by atoms with E-state index in [2.05, 4.69) is 0 Å². The van der Waals surface area contributed by atoms with Crippen LogP contribution in [0.2, 0.25) is 5.02 Å². The molecule has 1 aliphatic rings. The minimum atomic E-state index is -0.608. The van der Waals surface area contributed by atoms with Gasteiger partial charge in [0, 0.05) is 5.56 Å². The van der Waals surface area contributed by atoms with Crippen molar-refractivity contribution in [1.29, 1.82) is 0 Å². The first-order chi connectivity index (χ1) is 5.70. The van der Waals surface area contributed by atoms with Gasteiger partial charge in [0.25, 0.3) is 0 Å². The Kier molecular flexibility index (Phi) is 1.77. The zero-order chi connectivity index (χ0) is 8.72. The third kappa shape index (κ3) is 1.19. The second-order valence-corrected chi connectivity index (χ2v) is 2.96. The Morgan fingerprint density at radius 3 is 2.50 bits per heavy atom. The van der Waals surface area contributed by atoms with Crippen LogP contribution in [0.5, 0.6) is 0 Å². The molecule has 1 atom stereocenters. The maximum atomic E-state index is 13.0. The molecular weight excluding hydrogens is 186 g/mol. The SMILES string of the molecule is Fc1ccc(F)c([C@@H]2CO2)c1Cl. The van der Waals surface area contributed by atoms with E-state index in [4.69, 9.17) is 16.3 Å². The Bertz CT molecular complexity index is 323. The van der Waals surface area contributed by atoms with Gasteiger partial charge in [0.15, 0.2) is 0 Å². The Morgan fingerprint density at radius 1 is 1.33 bits per heavy atom. The molecule has 0 unspecified atom stereocenters. The third-order valence-electron chi connectivity index (χ3n) is 1.73. The van der Waals surface area contributed by atoms with E-state index in [1.54, 1.807) is 0 Å². The van der Waals surface area contributed by atoms with Gasteiger partial charge in [0.2, 0.25) is 0 Å². The van der Waals surface area contributed by atoms with E-state index in [1.165, 1.54) is 0 Å². The Balaban J connectivity index is 2.55. The van der Waals surface area contributed by atoms with Crippen molar-refractivity contribution >= 4 is 11.6 Å². The standard InChI is InChI=1S/C8H5ClF2O/c9-8-5(11)2-1-4(10)7(8)6-3-12-6/h1-2,6H,3H2/t6-/m0/s1. The number of ether oxygens (including phenoxy) is 1. The molecule has 0 N–H and O–H groups in total. The van der Waals surface area contributed by atoms with Crippen molar-refractivity contribution in [3.05, 3.63) is 34.4 Å². The summed E-state index contributed by atoms with van der Waals surface area (Å²) in [7, 11) is 0. The molecular formula is C8H5ClF2O. The molecule has 0 amide bonds. The quantitative estimate of drug-likeness (QED) is 0.490. The minimum Gasteiger partial charge on any atom is -0.368 e. The number of rotatable bonds is 1. The average molecular weight is 191 g/mol. The highest BCUT2D eigenvalue weighted by Gasteiger charge is 2.31. The van der Waals surface area contributed by atoms with Crippen molar-refractivity contribution in [3.8, 4) is 0 Å². The normalized spacial score (nSPS) is 21.1. The minimum absolute atomic E-state index is 0.136. The zero-order valence-corrected chi connectivity index (χ0v) is 6.74. The van der Waals surface area contributed by atoms with Crippen LogP contribution in [-0.4, -0.2) is 6.61 Å². The molecule has 0 radical (unpaired) electrons. The lowest BCUT2D eigenvalue weighted by atomic mass is 10.1. The molecule has 0 spiro atoms. The third-order valence-corrected chi connectivity index (χ3v) is 2.12. The van der Waals surface area contributed by atoms with Gasteiger partial charge in [0.1, 0.15) is 17.7 Å². The summed E-state index contributed by atoms with van der Waals surface area (Å²) in [5, 5.41) is -0.169. The van der Waals surface area contributed by atoms with Gasteiger partial charge in [-0.2, -0.15) is 0 Å². The molecule has 1 fully saturated rings. The van der Waals surface area contributed by atoms with Gasteiger partial charge in [-0.3, -0.25) is 0 Å². The van der Waals surface area contributed by atoms with Crippen LogP contribution in [0.25, 0.3) is 0 Å². The number of hydrogen-bond acceptors (Lipinski definition) is 1. The summed E-state index contributed by atoms with van der Waals surface area (Å²) in [4.78, 5) is 0. The van der Waals surface area contributed by atoms with E-state index in [-0.39, 0.29) is 16.7 Å². The van der Waals surface area contributed by atoms with Crippen LogP contribution in [0.15, 0.2) is 12.1 Å². The predicted molar refractivity (Wildman–Crippen MR) is 40.1 cm³/mol. The molecule has 64 valence electrons. The highest BCUT2D eigenvalue weighted by atomic mass is 35.5. The van der Waals surface area contributed by atoms with Gasteiger partial charge >= 0.3 is 0 Å². The molecule has 0 bridgehead atoms. The molecule has 12 heavy (non-hydrogen) atoms. The lowest BCUT2D eigenvalue weighted by molar-refractivity contribution is 0.406. The van der Waals surface area contributed by atoms with Gasteiger partial charge in [-0.15, -0.1) is 0 Å². The fraction of sp³-hybridized carbons (Fsp3) is 0.250. The van der Waals surface area contributed by atoms with Crippen LogP contribution in [0.1, 0.15) is 11.7 Å². The maximum Gasteiger partial charge on any atom is 0.142 e. The smallest absolute Gasteiger partial charge is 0.142 e. The zero-order valence-electron chi connectivity index (χ0n) is 5.98. The van der Waals surface area contributed by atoms with Gasteiger partial charge in [-0.1, -0.05) is 11.6 Å². The van der Waals surface area contributed by atoms with Crippen molar-refractivity contribution in [2.75, 3.05) is 6.61 Å². The molecule has 1 aliphatic heterocycles. The molecule has 1 nitrogen and oxygen atoms in total. The van der Waals surface area contributed by atoms with E-state index < -0.39 is 11.6 Å². The largest absolute Gasteiger partial charge is 0.368 e. The lowest BCUT2D eigenvalue weighted by Gasteiger charge is -2.02. The second kappa shape index (κ2) is 2.68. The summed E-state index contributed by atoms with van der Waals surface area (Å²) >= 11 is 5.54. The Hall–Kier alpha value is -0.670. The molecule has 1 aromatic carbocycles. The molecule has 0 aromatic heterocycles. The molecule has 4 heteroatoms. The van der Waals surface area contributed by atoms with E-state index in [0.717, 1.165) is 12.1 Å². The van der Waals surface area contributed by atoms with Crippen molar-refractivity contribution in [3.63, 3.8) is 0 Å². The first kappa shape index (κ1) is 7.95. The van der Waals surface area contributed by atoms with Gasteiger partial charge < -0.3 is 4.74 Å².